The van der Waals surface area contributed by atoms with Crippen LogP contribution in [0.3, 0.4) is 0 Å². The van der Waals surface area contributed by atoms with E-state index in [0.717, 1.165) is 23.4 Å². The Balaban J connectivity index is 1.94. The summed E-state index contributed by atoms with van der Waals surface area (Å²) in [5.74, 6) is -0.0835. The highest BCUT2D eigenvalue weighted by Crippen LogP contribution is 2.14. The maximum atomic E-state index is 12.4. The first kappa shape index (κ1) is 18.2. The molecule has 1 atom stereocenters. The molecule has 5 heteroatoms. The second-order valence-electron chi connectivity index (χ2n) is 7.13. The van der Waals surface area contributed by atoms with E-state index in [1.807, 2.05) is 44.2 Å². The second-order valence-corrected chi connectivity index (χ2v) is 7.13. The fourth-order valence-corrected chi connectivity index (χ4v) is 2.57. The summed E-state index contributed by atoms with van der Waals surface area (Å²) in [6.07, 6.45) is 2.09. The number of hydrogen-bond acceptors (Lipinski definition) is 3. The van der Waals surface area contributed by atoms with Crippen molar-refractivity contribution in [2.45, 2.75) is 58.6 Å². The van der Waals surface area contributed by atoms with Gasteiger partial charge in [0.15, 0.2) is 0 Å². The van der Waals surface area contributed by atoms with E-state index in [-0.39, 0.29) is 11.9 Å². The summed E-state index contributed by atoms with van der Waals surface area (Å²) in [4.78, 5) is 12.4. The maximum absolute atomic E-state index is 12.4. The molecule has 130 valence electrons. The molecule has 1 heterocycles. The van der Waals surface area contributed by atoms with E-state index in [1.165, 1.54) is 0 Å². The molecule has 1 aromatic carbocycles. The quantitative estimate of drug-likeness (QED) is 0.731. The molecular weight excluding hydrogens is 302 g/mol. The van der Waals surface area contributed by atoms with E-state index in [1.54, 1.807) is 13.8 Å². The zero-order chi connectivity index (χ0) is 17.7. The van der Waals surface area contributed by atoms with Crippen LogP contribution in [0.4, 0.5) is 0 Å². The van der Waals surface area contributed by atoms with E-state index >= 15 is 0 Å². The van der Waals surface area contributed by atoms with E-state index in [2.05, 4.69) is 15.5 Å². The molecule has 3 N–H and O–H groups in total. The molecule has 0 spiro atoms. The van der Waals surface area contributed by atoms with Crippen LogP contribution >= 0.6 is 0 Å². The van der Waals surface area contributed by atoms with Gasteiger partial charge in [-0.1, -0.05) is 12.1 Å². The van der Waals surface area contributed by atoms with Crippen molar-refractivity contribution in [2.24, 2.45) is 0 Å². The van der Waals surface area contributed by atoms with Gasteiger partial charge in [-0.25, -0.2) is 0 Å². The van der Waals surface area contributed by atoms with Gasteiger partial charge in [-0.3, -0.25) is 9.89 Å². The molecular formula is C19H27N3O2. The van der Waals surface area contributed by atoms with Crippen molar-refractivity contribution in [3.05, 3.63) is 52.8 Å². The minimum atomic E-state index is -0.700. The molecule has 5 nitrogen and oxygen atoms in total. The van der Waals surface area contributed by atoms with Crippen LogP contribution in [0.15, 0.2) is 30.3 Å². The van der Waals surface area contributed by atoms with Gasteiger partial charge in [-0.05, 0) is 64.3 Å². The standard InChI is InChI=1S/C19H27N3O2/c1-13(10-17-11-14(2)21-22-17)20-18(23)16-7-5-6-15(12-16)8-9-19(3,4)24/h5-7,11-13,24H,8-10H2,1-4H3,(H,20,23)(H,21,22)/t13-/m0/s1. The average Bonchev–Trinajstić information content (AvgIpc) is 2.89. The molecule has 0 unspecified atom stereocenters. The Morgan fingerprint density at radius 3 is 2.75 bits per heavy atom. The van der Waals surface area contributed by atoms with Crippen molar-refractivity contribution in [3.8, 4) is 0 Å². The third-order valence-corrected chi connectivity index (χ3v) is 3.87. The van der Waals surface area contributed by atoms with E-state index in [4.69, 9.17) is 0 Å². The first-order chi connectivity index (χ1) is 11.2. The summed E-state index contributed by atoms with van der Waals surface area (Å²) in [6, 6.07) is 9.57. The minimum absolute atomic E-state index is 0.000214. The van der Waals surface area contributed by atoms with E-state index in [9.17, 15) is 9.90 Å². The van der Waals surface area contributed by atoms with Crippen LogP contribution in [0, 0.1) is 6.92 Å². The highest BCUT2D eigenvalue weighted by molar-refractivity contribution is 5.94. The Labute approximate surface area is 143 Å². The largest absolute Gasteiger partial charge is 0.390 e. The number of nitrogens with zero attached hydrogens (tertiary/aromatic N) is 1. The van der Waals surface area contributed by atoms with Crippen LogP contribution in [0.2, 0.25) is 0 Å². The summed E-state index contributed by atoms with van der Waals surface area (Å²) < 4.78 is 0. The molecule has 0 aliphatic rings. The predicted molar refractivity (Wildman–Crippen MR) is 95.0 cm³/mol. The molecule has 0 aliphatic carbocycles. The Bertz CT molecular complexity index is 686. The zero-order valence-corrected chi connectivity index (χ0v) is 14.9. The van der Waals surface area contributed by atoms with E-state index in [0.29, 0.717) is 18.4 Å². The smallest absolute Gasteiger partial charge is 0.251 e. The number of H-pyrrole nitrogens is 1. The molecule has 0 radical (unpaired) electrons. The first-order valence-corrected chi connectivity index (χ1v) is 8.36. The van der Waals surface area contributed by atoms with Crippen LogP contribution in [0.25, 0.3) is 0 Å². The van der Waals surface area contributed by atoms with E-state index < -0.39 is 5.60 Å². The van der Waals surface area contributed by atoms with Crippen molar-refractivity contribution in [1.82, 2.24) is 15.5 Å². The van der Waals surface area contributed by atoms with Crippen molar-refractivity contribution in [3.63, 3.8) is 0 Å². The lowest BCUT2D eigenvalue weighted by molar-refractivity contribution is 0.0714. The first-order valence-electron chi connectivity index (χ1n) is 8.36. The number of rotatable bonds is 7. The molecule has 0 fully saturated rings. The molecule has 24 heavy (non-hydrogen) atoms. The normalized spacial score (nSPS) is 12.9. The lowest BCUT2D eigenvalue weighted by atomic mass is 9.98. The Kier molecular flexibility index (Phi) is 5.78. The van der Waals surface area contributed by atoms with Crippen LogP contribution in [0.1, 0.15) is 54.5 Å². The second kappa shape index (κ2) is 7.62. The van der Waals surface area contributed by atoms with Gasteiger partial charge in [0.05, 0.1) is 11.3 Å². The number of amides is 1. The zero-order valence-electron chi connectivity index (χ0n) is 14.9. The lowest BCUT2D eigenvalue weighted by Gasteiger charge is -2.17. The fourth-order valence-electron chi connectivity index (χ4n) is 2.57. The topological polar surface area (TPSA) is 78.0 Å². The van der Waals surface area contributed by atoms with Gasteiger partial charge in [0.2, 0.25) is 0 Å². The van der Waals surface area contributed by atoms with Gasteiger partial charge in [0.25, 0.3) is 5.91 Å². The minimum Gasteiger partial charge on any atom is -0.390 e. The summed E-state index contributed by atoms with van der Waals surface area (Å²) in [5, 5.41) is 19.9. The van der Waals surface area contributed by atoms with Crippen LogP contribution in [-0.4, -0.2) is 32.9 Å². The predicted octanol–water partition coefficient (Wildman–Crippen LogP) is 2.78. The van der Waals surface area contributed by atoms with Crippen LogP contribution in [-0.2, 0) is 12.8 Å². The van der Waals surface area contributed by atoms with Crippen molar-refractivity contribution in [1.29, 1.82) is 0 Å². The van der Waals surface area contributed by atoms with Crippen molar-refractivity contribution in [2.75, 3.05) is 0 Å². The van der Waals surface area contributed by atoms with Gasteiger partial charge >= 0.3 is 0 Å². The van der Waals surface area contributed by atoms with Gasteiger partial charge in [-0.2, -0.15) is 5.10 Å². The number of aromatic nitrogens is 2. The molecule has 2 aromatic rings. The molecule has 1 aromatic heterocycles. The summed E-state index contributed by atoms with van der Waals surface area (Å²) in [6.45, 7) is 7.52. The Morgan fingerprint density at radius 2 is 2.12 bits per heavy atom. The average molecular weight is 329 g/mol. The molecule has 0 bridgehead atoms. The number of hydrogen-bond donors (Lipinski definition) is 3. The fraction of sp³-hybridized carbons (Fsp3) is 0.474. The SMILES string of the molecule is Cc1cc(C[C@H](C)NC(=O)c2cccc(CCC(C)(C)O)c2)n[nH]1. The number of aromatic amines is 1. The summed E-state index contributed by atoms with van der Waals surface area (Å²) >= 11 is 0. The molecule has 2 rings (SSSR count). The van der Waals surface area contributed by atoms with Gasteiger partial charge in [-0.15, -0.1) is 0 Å². The lowest BCUT2D eigenvalue weighted by Crippen LogP contribution is -2.34. The van der Waals surface area contributed by atoms with Crippen molar-refractivity contribution >= 4 is 5.91 Å². The molecule has 0 saturated carbocycles. The number of aliphatic hydroxyl groups is 1. The molecule has 0 aliphatic heterocycles. The number of benzene rings is 1. The third kappa shape index (κ3) is 5.81. The van der Waals surface area contributed by atoms with Crippen LogP contribution in [0.5, 0.6) is 0 Å². The number of carbonyl (C=O) groups is 1. The maximum Gasteiger partial charge on any atom is 0.251 e. The highest BCUT2D eigenvalue weighted by Gasteiger charge is 2.14. The highest BCUT2D eigenvalue weighted by atomic mass is 16.3. The van der Waals surface area contributed by atoms with Crippen LogP contribution < -0.4 is 5.32 Å². The van der Waals surface area contributed by atoms with Gasteiger partial charge in [0, 0.05) is 23.7 Å². The monoisotopic (exact) mass is 329 g/mol. The van der Waals surface area contributed by atoms with Gasteiger partial charge < -0.3 is 10.4 Å². The Morgan fingerprint density at radius 1 is 1.38 bits per heavy atom. The number of nitrogens with one attached hydrogen (secondary N) is 2. The summed E-state index contributed by atoms with van der Waals surface area (Å²) in [5.41, 5.74) is 2.96. The third-order valence-electron chi connectivity index (χ3n) is 3.87. The van der Waals surface area contributed by atoms with Gasteiger partial charge in [0.1, 0.15) is 0 Å². The molecule has 0 saturated heterocycles. The molecule has 1 amide bonds. The Hall–Kier alpha value is -2.14. The van der Waals surface area contributed by atoms with Crippen molar-refractivity contribution < 1.29 is 9.90 Å². The number of aryl methyl sites for hydroxylation is 2. The number of carbonyl (C=O) groups excluding carboxylic acids is 1. The summed E-state index contributed by atoms with van der Waals surface area (Å²) in [7, 11) is 0.